The molecule has 0 radical (unpaired) electrons. The quantitative estimate of drug-likeness (QED) is 0.477. The Balaban J connectivity index is 1.36. The number of benzene rings is 3. The fourth-order valence-electron chi connectivity index (χ4n) is 5.03. The van der Waals surface area contributed by atoms with Crippen LogP contribution in [0.2, 0.25) is 0 Å². The highest BCUT2D eigenvalue weighted by Crippen LogP contribution is 2.42. The van der Waals surface area contributed by atoms with E-state index in [-0.39, 0.29) is 11.7 Å². The van der Waals surface area contributed by atoms with Gasteiger partial charge < -0.3 is 20.2 Å². The Morgan fingerprint density at radius 1 is 0.812 bits per heavy atom. The number of hydrogen-bond acceptors (Lipinski definition) is 4. The van der Waals surface area contributed by atoms with Gasteiger partial charge in [-0.3, -0.25) is 0 Å². The third-order valence-corrected chi connectivity index (χ3v) is 6.85. The van der Waals surface area contributed by atoms with Gasteiger partial charge in [0, 0.05) is 5.56 Å². The fourth-order valence-corrected chi connectivity index (χ4v) is 5.03. The molecule has 3 aromatic rings. The van der Waals surface area contributed by atoms with Crippen LogP contribution >= 0.6 is 0 Å². The standard InChI is InChI=1S/C28H33NO3/c30-26-15-8-7-14-25(26)27(31)16-9-19-29-20-17-24(18-21-29)28(32,22-10-3-1-4-11-22)23-12-5-2-6-13-23/h1-8,10-15,24,27,30-32H,9,16-21H2. The number of para-hydroxylation sites is 1. The Hall–Kier alpha value is -2.66. The summed E-state index contributed by atoms with van der Waals surface area (Å²) in [6.07, 6.45) is 2.68. The predicted octanol–water partition coefficient (Wildman–Crippen LogP) is 4.85. The number of aliphatic hydroxyl groups is 2. The minimum Gasteiger partial charge on any atom is -0.508 e. The molecule has 4 rings (SSSR count). The Kier molecular flexibility index (Phi) is 7.26. The van der Waals surface area contributed by atoms with E-state index in [4.69, 9.17) is 0 Å². The molecule has 168 valence electrons. The van der Waals surface area contributed by atoms with Crippen molar-refractivity contribution in [3.05, 3.63) is 102 Å². The number of phenolic OH excluding ortho intramolecular Hbond substituents is 1. The number of aromatic hydroxyl groups is 1. The van der Waals surface area contributed by atoms with E-state index in [1.54, 1.807) is 18.2 Å². The van der Waals surface area contributed by atoms with Crippen LogP contribution in [0.3, 0.4) is 0 Å². The first-order valence-electron chi connectivity index (χ1n) is 11.6. The van der Waals surface area contributed by atoms with Gasteiger partial charge in [0.05, 0.1) is 6.10 Å². The lowest BCUT2D eigenvalue weighted by molar-refractivity contribution is -0.0146. The van der Waals surface area contributed by atoms with Crippen LogP contribution in [0.1, 0.15) is 48.5 Å². The fraction of sp³-hybridized carbons (Fsp3) is 0.357. The maximum Gasteiger partial charge on any atom is 0.121 e. The van der Waals surface area contributed by atoms with Crippen LogP contribution in [0.25, 0.3) is 0 Å². The topological polar surface area (TPSA) is 63.9 Å². The first-order valence-corrected chi connectivity index (χ1v) is 11.6. The minimum atomic E-state index is -0.990. The van der Waals surface area contributed by atoms with Crippen LogP contribution < -0.4 is 0 Å². The number of rotatable bonds is 8. The molecule has 0 amide bonds. The predicted molar refractivity (Wildman–Crippen MR) is 127 cm³/mol. The van der Waals surface area contributed by atoms with Crippen molar-refractivity contribution in [3.63, 3.8) is 0 Å². The average Bonchev–Trinajstić information content (AvgIpc) is 2.85. The first-order chi connectivity index (χ1) is 15.6. The molecule has 32 heavy (non-hydrogen) atoms. The van der Waals surface area contributed by atoms with Crippen molar-refractivity contribution in [2.75, 3.05) is 19.6 Å². The summed E-state index contributed by atoms with van der Waals surface area (Å²) in [4.78, 5) is 2.42. The van der Waals surface area contributed by atoms with Crippen molar-refractivity contribution >= 4 is 0 Å². The molecular formula is C28H33NO3. The van der Waals surface area contributed by atoms with Crippen molar-refractivity contribution in [1.82, 2.24) is 4.90 Å². The first kappa shape index (κ1) is 22.5. The molecule has 0 spiro atoms. The summed E-state index contributed by atoms with van der Waals surface area (Å²) < 4.78 is 0. The Labute approximate surface area is 190 Å². The zero-order chi connectivity index (χ0) is 22.4. The second-order valence-corrected chi connectivity index (χ2v) is 8.83. The van der Waals surface area contributed by atoms with Crippen molar-refractivity contribution in [1.29, 1.82) is 0 Å². The van der Waals surface area contributed by atoms with Crippen molar-refractivity contribution in [2.45, 2.75) is 37.4 Å². The molecule has 1 aliphatic heterocycles. The molecule has 3 aromatic carbocycles. The van der Waals surface area contributed by atoms with Gasteiger partial charge in [0.15, 0.2) is 0 Å². The van der Waals surface area contributed by atoms with Gasteiger partial charge in [-0.1, -0.05) is 78.9 Å². The number of piperidine rings is 1. The monoisotopic (exact) mass is 431 g/mol. The van der Waals surface area contributed by atoms with Gasteiger partial charge in [-0.15, -0.1) is 0 Å². The Bertz CT molecular complexity index is 929. The zero-order valence-electron chi connectivity index (χ0n) is 18.5. The summed E-state index contributed by atoms with van der Waals surface area (Å²) >= 11 is 0. The van der Waals surface area contributed by atoms with Crippen LogP contribution in [-0.4, -0.2) is 39.9 Å². The zero-order valence-corrected chi connectivity index (χ0v) is 18.5. The molecule has 0 aromatic heterocycles. The number of nitrogens with zero attached hydrogens (tertiary/aromatic N) is 1. The molecule has 1 aliphatic rings. The average molecular weight is 432 g/mol. The lowest BCUT2D eigenvalue weighted by Crippen LogP contribution is -2.44. The van der Waals surface area contributed by atoms with Gasteiger partial charge in [0.2, 0.25) is 0 Å². The minimum absolute atomic E-state index is 0.149. The number of aliphatic hydroxyl groups excluding tert-OH is 1. The summed E-state index contributed by atoms with van der Waals surface area (Å²) in [7, 11) is 0. The lowest BCUT2D eigenvalue weighted by Gasteiger charge is -2.42. The molecule has 1 atom stereocenters. The van der Waals surface area contributed by atoms with Gasteiger partial charge in [0.25, 0.3) is 0 Å². The van der Waals surface area contributed by atoms with Gasteiger partial charge >= 0.3 is 0 Å². The summed E-state index contributed by atoms with van der Waals surface area (Å²) in [6.45, 7) is 2.77. The van der Waals surface area contributed by atoms with E-state index in [2.05, 4.69) is 4.90 Å². The molecule has 1 saturated heterocycles. The summed E-state index contributed by atoms with van der Waals surface area (Å²) in [5.74, 6) is 0.303. The van der Waals surface area contributed by atoms with Crippen molar-refractivity contribution in [3.8, 4) is 5.75 Å². The Morgan fingerprint density at radius 2 is 1.34 bits per heavy atom. The van der Waals surface area contributed by atoms with E-state index in [0.29, 0.717) is 12.0 Å². The van der Waals surface area contributed by atoms with Gasteiger partial charge in [0.1, 0.15) is 11.4 Å². The van der Waals surface area contributed by atoms with E-state index in [9.17, 15) is 15.3 Å². The van der Waals surface area contributed by atoms with Gasteiger partial charge in [-0.05, 0) is 68.4 Å². The molecule has 4 heteroatoms. The third kappa shape index (κ3) is 4.88. The molecule has 0 bridgehead atoms. The molecule has 0 aliphatic carbocycles. The number of phenols is 1. The van der Waals surface area contributed by atoms with Crippen LogP contribution in [-0.2, 0) is 5.60 Å². The van der Waals surface area contributed by atoms with Crippen LogP contribution in [0.15, 0.2) is 84.9 Å². The number of likely N-dealkylation sites (tertiary alicyclic amines) is 1. The van der Waals surface area contributed by atoms with Gasteiger partial charge in [-0.2, -0.15) is 0 Å². The molecule has 1 heterocycles. The lowest BCUT2D eigenvalue weighted by atomic mass is 9.72. The highest BCUT2D eigenvalue weighted by Gasteiger charge is 2.41. The normalized spacial score (nSPS) is 16.7. The number of hydrogen-bond donors (Lipinski definition) is 3. The second kappa shape index (κ2) is 10.3. The Morgan fingerprint density at radius 3 is 1.91 bits per heavy atom. The molecule has 1 fully saturated rings. The largest absolute Gasteiger partial charge is 0.508 e. The van der Waals surface area contributed by atoms with E-state index in [1.165, 1.54) is 0 Å². The summed E-state index contributed by atoms with van der Waals surface area (Å²) in [5, 5.41) is 32.3. The van der Waals surface area contributed by atoms with Crippen molar-refractivity contribution < 1.29 is 15.3 Å². The molecule has 0 saturated carbocycles. The summed E-state index contributed by atoms with van der Waals surface area (Å²) in [5.41, 5.74) is 1.52. The highest BCUT2D eigenvalue weighted by molar-refractivity contribution is 5.37. The third-order valence-electron chi connectivity index (χ3n) is 6.85. The van der Waals surface area contributed by atoms with E-state index in [0.717, 1.165) is 50.0 Å². The van der Waals surface area contributed by atoms with Gasteiger partial charge in [-0.25, -0.2) is 0 Å². The SMILES string of the molecule is Oc1ccccc1C(O)CCCN1CCC(C(O)(c2ccccc2)c2ccccc2)CC1. The molecule has 1 unspecified atom stereocenters. The smallest absolute Gasteiger partial charge is 0.121 e. The molecule has 4 nitrogen and oxygen atoms in total. The maximum absolute atomic E-state index is 12.0. The van der Waals surface area contributed by atoms with Crippen LogP contribution in [0.5, 0.6) is 5.75 Å². The van der Waals surface area contributed by atoms with E-state index in [1.807, 2.05) is 66.7 Å². The van der Waals surface area contributed by atoms with Crippen LogP contribution in [0, 0.1) is 5.92 Å². The summed E-state index contributed by atoms with van der Waals surface area (Å²) in [6, 6.07) is 27.1. The molecule has 3 N–H and O–H groups in total. The highest BCUT2D eigenvalue weighted by atomic mass is 16.3. The van der Waals surface area contributed by atoms with E-state index >= 15 is 0 Å². The van der Waals surface area contributed by atoms with E-state index < -0.39 is 11.7 Å². The van der Waals surface area contributed by atoms with Crippen molar-refractivity contribution in [2.24, 2.45) is 5.92 Å². The van der Waals surface area contributed by atoms with Crippen LogP contribution in [0.4, 0.5) is 0 Å². The molecular weight excluding hydrogens is 398 g/mol. The second-order valence-electron chi connectivity index (χ2n) is 8.83. The maximum atomic E-state index is 12.0.